The van der Waals surface area contributed by atoms with E-state index in [1.165, 1.54) is 0 Å². The summed E-state index contributed by atoms with van der Waals surface area (Å²) >= 11 is 0. The van der Waals surface area contributed by atoms with E-state index < -0.39 is 0 Å². The molecule has 1 aromatic heterocycles. The zero-order valence-electron chi connectivity index (χ0n) is 12.8. The Bertz CT molecular complexity index is 417. The third kappa shape index (κ3) is 4.05. The lowest BCUT2D eigenvalue weighted by molar-refractivity contribution is -0.124. The molecule has 6 nitrogen and oxygen atoms in total. The van der Waals surface area contributed by atoms with Crippen LogP contribution in [0.3, 0.4) is 0 Å². The highest BCUT2D eigenvalue weighted by molar-refractivity contribution is 5.79. The molecule has 0 fully saturated rings. The van der Waals surface area contributed by atoms with E-state index in [0.29, 0.717) is 25.6 Å². The molecule has 0 radical (unpaired) electrons. The SMILES string of the molecule is COCCNC(=O)C(C)n1cncc1C(CN)C(C)C. The number of nitrogens with zero attached hydrogens (tertiary/aromatic N) is 2. The molecule has 6 heteroatoms. The van der Waals surface area contributed by atoms with E-state index >= 15 is 0 Å². The highest BCUT2D eigenvalue weighted by Crippen LogP contribution is 2.25. The summed E-state index contributed by atoms with van der Waals surface area (Å²) in [6, 6.07) is -0.308. The van der Waals surface area contributed by atoms with Gasteiger partial charge in [0.1, 0.15) is 6.04 Å². The molecular formula is C14H26N4O2. The number of rotatable bonds is 8. The lowest BCUT2D eigenvalue weighted by Crippen LogP contribution is -2.34. The molecule has 1 rings (SSSR count). The van der Waals surface area contributed by atoms with E-state index in [-0.39, 0.29) is 17.9 Å². The van der Waals surface area contributed by atoms with E-state index in [1.807, 2.05) is 11.5 Å². The van der Waals surface area contributed by atoms with E-state index in [2.05, 4.69) is 24.1 Å². The van der Waals surface area contributed by atoms with Crippen LogP contribution in [0, 0.1) is 5.92 Å². The highest BCUT2D eigenvalue weighted by Gasteiger charge is 2.23. The van der Waals surface area contributed by atoms with Crippen LogP contribution in [0.2, 0.25) is 0 Å². The maximum atomic E-state index is 12.1. The van der Waals surface area contributed by atoms with Crippen LogP contribution < -0.4 is 11.1 Å². The Morgan fingerprint density at radius 2 is 2.20 bits per heavy atom. The number of ether oxygens (including phenoxy) is 1. The van der Waals surface area contributed by atoms with Gasteiger partial charge in [-0.05, 0) is 12.8 Å². The summed E-state index contributed by atoms with van der Waals surface area (Å²) in [4.78, 5) is 16.3. The van der Waals surface area contributed by atoms with Gasteiger partial charge in [-0.25, -0.2) is 4.98 Å². The van der Waals surface area contributed by atoms with Crippen LogP contribution in [0.15, 0.2) is 12.5 Å². The van der Waals surface area contributed by atoms with Crippen molar-refractivity contribution in [3.63, 3.8) is 0 Å². The summed E-state index contributed by atoms with van der Waals surface area (Å²) in [5, 5.41) is 2.84. The predicted octanol–water partition coefficient (Wildman–Crippen LogP) is 0.905. The summed E-state index contributed by atoms with van der Waals surface area (Å²) in [6.45, 7) is 7.67. The lowest BCUT2D eigenvalue weighted by atomic mass is 9.92. The van der Waals surface area contributed by atoms with Gasteiger partial charge in [0, 0.05) is 38.0 Å². The molecule has 1 amide bonds. The van der Waals surface area contributed by atoms with Crippen molar-refractivity contribution in [3.8, 4) is 0 Å². The van der Waals surface area contributed by atoms with Crippen molar-refractivity contribution in [1.82, 2.24) is 14.9 Å². The van der Waals surface area contributed by atoms with Crippen molar-refractivity contribution in [2.24, 2.45) is 11.7 Å². The molecule has 1 aromatic rings. The number of amides is 1. The van der Waals surface area contributed by atoms with Gasteiger partial charge in [0.05, 0.1) is 12.9 Å². The van der Waals surface area contributed by atoms with Crippen LogP contribution in [-0.4, -0.2) is 42.3 Å². The average molecular weight is 282 g/mol. The Hall–Kier alpha value is -1.40. The van der Waals surface area contributed by atoms with Crippen molar-refractivity contribution >= 4 is 5.91 Å². The van der Waals surface area contributed by atoms with Gasteiger partial charge in [0.2, 0.25) is 5.91 Å². The zero-order valence-corrected chi connectivity index (χ0v) is 12.8. The molecule has 20 heavy (non-hydrogen) atoms. The first-order chi connectivity index (χ1) is 9.52. The van der Waals surface area contributed by atoms with Gasteiger partial charge < -0.3 is 20.4 Å². The minimum Gasteiger partial charge on any atom is -0.383 e. The van der Waals surface area contributed by atoms with Crippen molar-refractivity contribution in [2.45, 2.75) is 32.7 Å². The molecule has 3 N–H and O–H groups in total. The first-order valence-electron chi connectivity index (χ1n) is 7.01. The zero-order chi connectivity index (χ0) is 15.1. The second-order valence-corrected chi connectivity index (χ2v) is 5.27. The highest BCUT2D eigenvalue weighted by atomic mass is 16.5. The Morgan fingerprint density at radius 1 is 1.50 bits per heavy atom. The Kier molecular flexibility index (Phi) is 6.67. The molecule has 114 valence electrons. The number of aromatic nitrogens is 2. The van der Waals surface area contributed by atoms with E-state index in [0.717, 1.165) is 5.69 Å². The van der Waals surface area contributed by atoms with Crippen LogP contribution in [0.5, 0.6) is 0 Å². The third-order valence-corrected chi connectivity index (χ3v) is 3.54. The third-order valence-electron chi connectivity index (χ3n) is 3.54. The average Bonchev–Trinajstić information content (AvgIpc) is 2.87. The van der Waals surface area contributed by atoms with E-state index in [1.54, 1.807) is 19.6 Å². The summed E-state index contributed by atoms with van der Waals surface area (Å²) in [5.41, 5.74) is 6.86. The molecule has 0 spiro atoms. The van der Waals surface area contributed by atoms with Crippen LogP contribution >= 0.6 is 0 Å². The lowest BCUT2D eigenvalue weighted by Gasteiger charge is -2.23. The number of hydrogen-bond acceptors (Lipinski definition) is 4. The van der Waals surface area contributed by atoms with Crippen LogP contribution in [0.4, 0.5) is 0 Å². The largest absolute Gasteiger partial charge is 0.383 e. The first kappa shape index (κ1) is 16.7. The summed E-state index contributed by atoms with van der Waals surface area (Å²) in [7, 11) is 1.61. The molecular weight excluding hydrogens is 256 g/mol. The molecule has 1 heterocycles. The first-order valence-corrected chi connectivity index (χ1v) is 7.01. The number of methoxy groups -OCH3 is 1. The summed E-state index contributed by atoms with van der Waals surface area (Å²) in [5.74, 6) is 0.562. The molecule has 0 aromatic carbocycles. The van der Waals surface area contributed by atoms with Gasteiger partial charge in [0.15, 0.2) is 0 Å². The molecule has 2 unspecified atom stereocenters. The van der Waals surface area contributed by atoms with Crippen molar-refractivity contribution in [2.75, 3.05) is 26.8 Å². The van der Waals surface area contributed by atoms with Crippen LogP contribution in [0.1, 0.15) is 38.4 Å². The fourth-order valence-corrected chi connectivity index (χ4v) is 2.21. The van der Waals surface area contributed by atoms with Crippen LogP contribution in [0.25, 0.3) is 0 Å². The molecule has 0 aliphatic carbocycles. The fraction of sp³-hybridized carbons (Fsp3) is 0.714. The normalized spacial score (nSPS) is 14.3. The minimum absolute atomic E-state index is 0.0409. The van der Waals surface area contributed by atoms with Crippen LogP contribution in [-0.2, 0) is 9.53 Å². The molecule has 0 saturated heterocycles. The predicted molar refractivity (Wildman–Crippen MR) is 78.5 cm³/mol. The fourth-order valence-electron chi connectivity index (χ4n) is 2.21. The van der Waals surface area contributed by atoms with Gasteiger partial charge in [0.25, 0.3) is 0 Å². The number of carbonyl (C=O) groups is 1. The molecule has 0 aliphatic rings. The second kappa shape index (κ2) is 8.01. The molecule has 2 atom stereocenters. The van der Waals surface area contributed by atoms with E-state index in [9.17, 15) is 4.79 Å². The molecule has 0 saturated carbocycles. The van der Waals surface area contributed by atoms with Crippen molar-refractivity contribution in [1.29, 1.82) is 0 Å². The van der Waals surface area contributed by atoms with Crippen molar-refractivity contribution in [3.05, 3.63) is 18.2 Å². The molecule has 0 bridgehead atoms. The topological polar surface area (TPSA) is 82.2 Å². The Morgan fingerprint density at radius 3 is 2.75 bits per heavy atom. The van der Waals surface area contributed by atoms with Gasteiger partial charge >= 0.3 is 0 Å². The van der Waals surface area contributed by atoms with Crippen molar-refractivity contribution < 1.29 is 9.53 Å². The van der Waals surface area contributed by atoms with Gasteiger partial charge in [-0.2, -0.15) is 0 Å². The quantitative estimate of drug-likeness (QED) is 0.694. The Labute approximate surface area is 120 Å². The number of nitrogens with one attached hydrogen (secondary N) is 1. The monoisotopic (exact) mass is 282 g/mol. The summed E-state index contributed by atoms with van der Waals surface area (Å²) in [6.07, 6.45) is 3.50. The van der Waals surface area contributed by atoms with Gasteiger partial charge in [-0.15, -0.1) is 0 Å². The van der Waals surface area contributed by atoms with Gasteiger partial charge in [-0.1, -0.05) is 13.8 Å². The smallest absolute Gasteiger partial charge is 0.242 e. The maximum absolute atomic E-state index is 12.1. The number of carbonyl (C=O) groups excluding carboxylic acids is 1. The number of hydrogen-bond donors (Lipinski definition) is 2. The standard InChI is InChI=1S/C14H26N4O2/c1-10(2)12(7-15)13-8-16-9-18(13)11(3)14(19)17-5-6-20-4/h8-12H,5-7,15H2,1-4H3,(H,17,19). The Balaban J connectivity index is 2.81. The number of nitrogens with two attached hydrogens (primary N) is 1. The molecule has 0 aliphatic heterocycles. The van der Waals surface area contributed by atoms with Gasteiger partial charge in [-0.3, -0.25) is 4.79 Å². The second-order valence-electron chi connectivity index (χ2n) is 5.27. The maximum Gasteiger partial charge on any atom is 0.242 e. The van der Waals surface area contributed by atoms with E-state index in [4.69, 9.17) is 10.5 Å². The summed E-state index contributed by atoms with van der Waals surface area (Å²) < 4.78 is 6.83. The minimum atomic E-state index is -0.308. The number of imidazole rings is 1.